The van der Waals surface area contributed by atoms with Gasteiger partial charge in [-0.05, 0) is 83.5 Å². The summed E-state index contributed by atoms with van der Waals surface area (Å²) in [5.74, 6) is -0.905. The average molecular weight is 966 g/mol. The van der Waals surface area contributed by atoms with E-state index >= 15 is 0 Å². The van der Waals surface area contributed by atoms with Crippen LogP contribution >= 0.6 is 0 Å². The Morgan fingerprint density at radius 2 is 0.565 bits per heavy atom. The van der Waals surface area contributed by atoms with Gasteiger partial charge in [-0.15, -0.1) is 0 Å². The minimum Gasteiger partial charge on any atom is -0.462 e. The fourth-order valence-electron chi connectivity index (χ4n) is 8.55. The van der Waals surface area contributed by atoms with Gasteiger partial charge in [0, 0.05) is 19.3 Å². The van der Waals surface area contributed by atoms with Crippen molar-refractivity contribution in [2.75, 3.05) is 13.2 Å². The maximum absolute atomic E-state index is 12.8. The molecular weight excluding hydrogens is 853 g/mol. The van der Waals surface area contributed by atoms with Crippen molar-refractivity contribution >= 4 is 17.9 Å². The number of unbranched alkanes of at least 4 members (excludes halogenated alkanes) is 33. The highest BCUT2D eigenvalue weighted by molar-refractivity contribution is 5.71. The van der Waals surface area contributed by atoms with E-state index < -0.39 is 6.10 Å². The number of carbonyl (C=O) groups excluding carboxylic acids is 3. The number of rotatable bonds is 54. The topological polar surface area (TPSA) is 78.9 Å². The highest BCUT2D eigenvalue weighted by Gasteiger charge is 2.19. The zero-order valence-corrected chi connectivity index (χ0v) is 45.8. The predicted octanol–water partition coefficient (Wildman–Crippen LogP) is 20.0. The molecular formula is C63H112O6. The van der Waals surface area contributed by atoms with Crippen molar-refractivity contribution in [1.29, 1.82) is 0 Å². The smallest absolute Gasteiger partial charge is 0.306 e. The molecule has 0 aliphatic heterocycles. The summed E-state index contributed by atoms with van der Waals surface area (Å²) in [6.07, 6.45) is 72.2. The highest BCUT2D eigenvalue weighted by Crippen LogP contribution is 2.17. The van der Waals surface area contributed by atoms with Gasteiger partial charge in [-0.1, -0.05) is 261 Å². The van der Waals surface area contributed by atoms with Crippen molar-refractivity contribution in [2.45, 2.75) is 309 Å². The lowest BCUT2D eigenvalue weighted by Crippen LogP contribution is -2.30. The van der Waals surface area contributed by atoms with Crippen molar-refractivity contribution in [3.05, 3.63) is 60.8 Å². The first-order chi connectivity index (χ1) is 34.0. The Balaban J connectivity index is 4.32. The van der Waals surface area contributed by atoms with E-state index in [9.17, 15) is 14.4 Å². The molecule has 0 rings (SSSR count). The molecule has 0 aromatic carbocycles. The van der Waals surface area contributed by atoms with Gasteiger partial charge < -0.3 is 14.2 Å². The average Bonchev–Trinajstić information content (AvgIpc) is 3.35. The Bertz CT molecular complexity index is 1250. The molecule has 0 radical (unpaired) electrons. The van der Waals surface area contributed by atoms with E-state index in [-0.39, 0.29) is 31.1 Å². The van der Waals surface area contributed by atoms with Crippen molar-refractivity contribution in [3.8, 4) is 0 Å². The van der Waals surface area contributed by atoms with E-state index in [0.717, 1.165) is 103 Å². The summed E-state index contributed by atoms with van der Waals surface area (Å²) in [6, 6.07) is 0. The minimum absolute atomic E-state index is 0.0842. The van der Waals surface area contributed by atoms with Crippen LogP contribution in [0.5, 0.6) is 0 Å². The molecule has 0 aromatic rings. The molecule has 0 fully saturated rings. The second kappa shape index (κ2) is 57.7. The summed E-state index contributed by atoms with van der Waals surface area (Å²) in [5.41, 5.74) is 0. The number of allylic oxidation sites excluding steroid dienone is 10. The van der Waals surface area contributed by atoms with Crippen molar-refractivity contribution in [1.82, 2.24) is 0 Å². The van der Waals surface area contributed by atoms with Crippen LogP contribution in [0.15, 0.2) is 60.8 Å². The molecule has 6 heteroatoms. The number of esters is 3. The quantitative estimate of drug-likeness (QED) is 0.0262. The second-order valence-corrected chi connectivity index (χ2v) is 19.9. The van der Waals surface area contributed by atoms with E-state index in [0.29, 0.717) is 19.3 Å². The minimum atomic E-state index is -0.789. The molecule has 6 nitrogen and oxygen atoms in total. The molecule has 400 valence electrons. The van der Waals surface area contributed by atoms with E-state index in [1.807, 2.05) is 0 Å². The van der Waals surface area contributed by atoms with Gasteiger partial charge in [-0.3, -0.25) is 14.4 Å². The normalized spacial score (nSPS) is 12.4. The van der Waals surface area contributed by atoms with Crippen LogP contribution in [-0.4, -0.2) is 37.2 Å². The van der Waals surface area contributed by atoms with Gasteiger partial charge in [0.2, 0.25) is 0 Å². The standard InChI is InChI=1S/C63H112O6/c1-4-7-10-13-16-19-22-25-27-29-30-31-32-33-35-36-38-41-44-47-50-53-56-62(65)68-59-60(58-67-61(64)55-52-49-46-43-40-24-21-18-15-12-9-6-3)69-63(66)57-54-51-48-45-42-39-37-34-28-26-23-20-17-14-11-8-5-2/h8,11,17-18,20-21,26,28,37,39,60H,4-7,9-10,12-16,19,22-25,27,29-36,38,40-59H2,1-3H3/b11-8-,20-17-,21-18-,28-26-,39-37-. The number of hydrogen-bond acceptors (Lipinski definition) is 6. The van der Waals surface area contributed by atoms with E-state index in [1.165, 1.54) is 161 Å². The Morgan fingerprint density at radius 3 is 0.928 bits per heavy atom. The molecule has 1 atom stereocenters. The lowest BCUT2D eigenvalue weighted by atomic mass is 10.0. The molecule has 0 heterocycles. The molecule has 0 spiro atoms. The first-order valence-corrected chi connectivity index (χ1v) is 29.8. The zero-order valence-electron chi connectivity index (χ0n) is 45.8. The third-order valence-corrected chi connectivity index (χ3v) is 13.0. The van der Waals surface area contributed by atoms with Crippen LogP contribution in [0.25, 0.3) is 0 Å². The van der Waals surface area contributed by atoms with Crippen molar-refractivity contribution in [2.24, 2.45) is 0 Å². The van der Waals surface area contributed by atoms with Gasteiger partial charge in [0.25, 0.3) is 0 Å². The summed E-state index contributed by atoms with van der Waals surface area (Å²) < 4.78 is 16.9. The Morgan fingerprint density at radius 1 is 0.304 bits per heavy atom. The van der Waals surface area contributed by atoms with Crippen LogP contribution in [0.2, 0.25) is 0 Å². The van der Waals surface area contributed by atoms with Gasteiger partial charge in [-0.25, -0.2) is 0 Å². The third-order valence-electron chi connectivity index (χ3n) is 13.0. The van der Waals surface area contributed by atoms with Crippen molar-refractivity contribution in [3.63, 3.8) is 0 Å². The summed E-state index contributed by atoms with van der Waals surface area (Å²) in [6.45, 7) is 6.51. The molecule has 0 saturated heterocycles. The summed E-state index contributed by atoms with van der Waals surface area (Å²) in [4.78, 5) is 38.1. The number of carbonyl (C=O) groups is 3. The van der Waals surface area contributed by atoms with Crippen LogP contribution in [0.1, 0.15) is 303 Å². The predicted molar refractivity (Wildman–Crippen MR) is 298 cm³/mol. The lowest BCUT2D eigenvalue weighted by Gasteiger charge is -2.18. The first kappa shape index (κ1) is 66.1. The fraction of sp³-hybridized carbons (Fsp3) is 0.794. The molecule has 69 heavy (non-hydrogen) atoms. The molecule has 0 saturated carbocycles. The van der Waals surface area contributed by atoms with E-state index in [1.54, 1.807) is 0 Å². The van der Waals surface area contributed by atoms with Gasteiger partial charge in [0.15, 0.2) is 6.10 Å². The molecule has 0 N–H and O–H groups in total. The fourth-order valence-corrected chi connectivity index (χ4v) is 8.55. The SMILES string of the molecule is CC/C=C\C/C=C\C/C=C\C/C=C\CCCCCCC(=O)OC(COC(=O)CCCCCCC/C=C\CCCCC)COC(=O)CCCCCCCCCCCCCCCCCCCCCCCC. The monoisotopic (exact) mass is 965 g/mol. The van der Waals surface area contributed by atoms with Crippen LogP contribution in [0.4, 0.5) is 0 Å². The Kier molecular flexibility index (Phi) is 55.3. The van der Waals surface area contributed by atoms with Gasteiger partial charge in [0.05, 0.1) is 0 Å². The van der Waals surface area contributed by atoms with Crippen LogP contribution < -0.4 is 0 Å². The summed E-state index contributed by atoms with van der Waals surface area (Å²) >= 11 is 0. The molecule has 1 unspecified atom stereocenters. The largest absolute Gasteiger partial charge is 0.462 e. The van der Waals surface area contributed by atoms with E-state index in [2.05, 4.69) is 81.5 Å². The number of hydrogen-bond donors (Lipinski definition) is 0. The van der Waals surface area contributed by atoms with Crippen molar-refractivity contribution < 1.29 is 28.6 Å². The van der Waals surface area contributed by atoms with Gasteiger partial charge in [-0.2, -0.15) is 0 Å². The highest BCUT2D eigenvalue weighted by atomic mass is 16.6. The third kappa shape index (κ3) is 55.9. The van der Waals surface area contributed by atoms with Gasteiger partial charge >= 0.3 is 17.9 Å². The van der Waals surface area contributed by atoms with Crippen LogP contribution in [0.3, 0.4) is 0 Å². The molecule has 0 aliphatic carbocycles. The van der Waals surface area contributed by atoms with Crippen LogP contribution in [-0.2, 0) is 28.6 Å². The maximum Gasteiger partial charge on any atom is 0.306 e. The molecule has 0 aromatic heterocycles. The summed E-state index contributed by atoms with van der Waals surface area (Å²) in [5, 5.41) is 0. The van der Waals surface area contributed by atoms with Gasteiger partial charge in [0.1, 0.15) is 13.2 Å². The van der Waals surface area contributed by atoms with Crippen LogP contribution in [0, 0.1) is 0 Å². The molecule has 0 amide bonds. The molecule has 0 aliphatic rings. The lowest BCUT2D eigenvalue weighted by molar-refractivity contribution is -0.167. The van der Waals surface area contributed by atoms with E-state index in [4.69, 9.17) is 14.2 Å². The Labute approximate surface area is 428 Å². The second-order valence-electron chi connectivity index (χ2n) is 19.9. The zero-order chi connectivity index (χ0) is 50.0. The number of ether oxygens (including phenoxy) is 3. The summed E-state index contributed by atoms with van der Waals surface area (Å²) in [7, 11) is 0. The maximum atomic E-state index is 12.8. The first-order valence-electron chi connectivity index (χ1n) is 29.8. The Hall–Kier alpha value is -2.89. The molecule has 0 bridgehead atoms.